The number of likely N-dealkylation sites (tertiary alicyclic amines) is 1. The molecule has 1 aromatic rings. The highest BCUT2D eigenvalue weighted by molar-refractivity contribution is 5.88. The van der Waals surface area contributed by atoms with Crippen LogP contribution in [0, 0.1) is 5.92 Å². The summed E-state index contributed by atoms with van der Waals surface area (Å²) in [5.41, 5.74) is 0.643. The molecule has 0 unspecified atom stereocenters. The van der Waals surface area contributed by atoms with Gasteiger partial charge in [-0.15, -0.1) is 0 Å². The molecule has 0 saturated carbocycles. The Morgan fingerprint density at radius 1 is 1.25 bits per heavy atom. The molecule has 2 aliphatic heterocycles. The van der Waals surface area contributed by atoms with Gasteiger partial charge in [0.15, 0.2) is 5.78 Å². The number of amides is 1. The molecular formula is C19H26N2O3. The van der Waals surface area contributed by atoms with Crippen LogP contribution in [0.25, 0.3) is 0 Å². The summed E-state index contributed by atoms with van der Waals surface area (Å²) in [5.74, 6) is 0.240. The molecule has 0 bridgehead atoms. The average Bonchev–Trinajstić information content (AvgIpc) is 2.87. The van der Waals surface area contributed by atoms with Gasteiger partial charge < -0.3 is 15.0 Å². The second-order valence-corrected chi connectivity index (χ2v) is 7.71. The summed E-state index contributed by atoms with van der Waals surface area (Å²) in [6.45, 7) is 7.03. The van der Waals surface area contributed by atoms with Crippen molar-refractivity contribution in [2.75, 3.05) is 19.6 Å². The predicted molar refractivity (Wildman–Crippen MR) is 91.9 cm³/mol. The molecule has 1 amide bonds. The maximum Gasteiger partial charge on any atom is 0.410 e. The van der Waals surface area contributed by atoms with Gasteiger partial charge in [-0.05, 0) is 32.8 Å². The number of carbonyl (C=O) groups is 2. The highest BCUT2D eigenvalue weighted by atomic mass is 16.6. The zero-order chi connectivity index (χ0) is 17.3. The van der Waals surface area contributed by atoms with Gasteiger partial charge in [0.1, 0.15) is 5.60 Å². The molecule has 0 aliphatic carbocycles. The minimum atomic E-state index is -0.548. The average molecular weight is 330 g/mol. The van der Waals surface area contributed by atoms with Gasteiger partial charge in [0.2, 0.25) is 0 Å². The molecule has 2 fully saturated rings. The van der Waals surface area contributed by atoms with E-state index in [4.69, 9.17) is 4.74 Å². The zero-order valence-electron chi connectivity index (χ0n) is 14.6. The molecular weight excluding hydrogens is 304 g/mol. The number of benzene rings is 1. The Kier molecular flexibility index (Phi) is 4.63. The number of hydrogen-bond donors (Lipinski definition) is 1. The van der Waals surface area contributed by atoms with Crippen molar-refractivity contribution in [3.05, 3.63) is 35.9 Å². The molecule has 0 radical (unpaired) electrons. The highest BCUT2D eigenvalue weighted by Crippen LogP contribution is 2.35. The Bertz CT molecular complexity index is 609. The fourth-order valence-corrected chi connectivity index (χ4v) is 3.72. The van der Waals surface area contributed by atoms with Crippen molar-refractivity contribution in [2.24, 2.45) is 5.92 Å². The van der Waals surface area contributed by atoms with Gasteiger partial charge in [-0.3, -0.25) is 4.79 Å². The first kappa shape index (κ1) is 17.0. The maximum atomic E-state index is 12.9. The standard InChI is InChI=1S/C19H26N2O3/c1-19(2,3)24-18(23)21-10-9-15-17(16(22)12-21)14(11-20-15)13-7-5-4-6-8-13/h4-8,14-15,17,20H,9-12H2,1-3H3/t14-,15+,17-/m1/s1. The minimum Gasteiger partial charge on any atom is -0.444 e. The molecule has 0 aromatic heterocycles. The Morgan fingerprint density at radius 2 is 1.96 bits per heavy atom. The first-order chi connectivity index (χ1) is 11.3. The van der Waals surface area contributed by atoms with E-state index in [2.05, 4.69) is 17.4 Å². The van der Waals surface area contributed by atoms with Gasteiger partial charge in [0.05, 0.1) is 6.54 Å². The molecule has 24 heavy (non-hydrogen) atoms. The monoisotopic (exact) mass is 330 g/mol. The van der Waals surface area contributed by atoms with Gasteiger partial charge in [0, 0.05) is 31.0 Å². The van der Waals surface area contributed by atoms with Crippen LogP contribution >= 0.6 is 0 Å². The highest BCUT2D eigenvalue weighted by Gasteiger charge is 2.44. The summed E-state index contributed by atoms with van der Waals surface area (Å²) in [4.78, 5) is 26.7. The quantitative estimate of drug-likeness (QED) is 0.860. The molecule has 2 heterocycles. The van der Waals surface area contributed by atoms with Gasteiger partial charge >= 0.3 is 6.09 Å². The lowest BCUT2D eigenvalue weighted by Crippen LogP contribution is -2.40. The number of ketones is 1. The number of fused-ring (bicyclic) bond motifs is 1. The smallest absolute Gasteiger partial charge is 0.410 e. The molecule has 3 atom stereocenters. The minimum absolute atomic E-state index is 0.0696. The van der Waals surface area contributed by atoms with Crippen molar-refractivity contribution in [1.82, 2.24) is 10.2 Å². The van der Waals surface area contributed by atoms with E-state index in [1.165, 1.54) is 5.56 Å². The van der Waals surface area contributed by atoms with E-state index >= 15 is 0 Å². The lowest BCUT2D eigenvalue weighted by molar-refractivity contribution is -0.123. The predicted octanol–water partition coefficient (Wildman–Crippen LogP) is 2.57. The third-order valence-electron chi connectivity index (χ3n) is 4.77. The Labute approximate surface area is 143 Å². The molecule has 5 heteroatoms. The molecule has 2 aliphatic rings. The van der Waals surface area contributed by atoms with E-state index < -0.39 is 11.7 Å². The van der Waals surface area contributed by atoms with E-state index in [0.29, 0.717) is 6.54 Å². The topological polar surface area (TPSA) is 58.6 Å². The lowest BCUT2D eigenvalue weighted by atomic mass is 9.82. The summed E-state index contributed by atoms with van der Waals surface area (Å²) in [6.07, 6.45) is 0.381. The summed E-state index contributed by atoms with van der Waals surface area (Å²) in [6, 6.07) is 10.3. The summed E-state index contributed by atoms with van der Waals surface area (Å²) in [7, 11) is 0. The Balaban J connectivity index is 1.74. The summed E-state index contributed by atoms with van der Waals surface area (Å²) in [5, 5.41) is 3.49. The first-order valence-electron chi connectivity index (χ1n) is 8.64. The van der Waals surface area contributed by atoms with Gasteiger partial charge in [-0.25, -0.2) is 4.79 Å². The number of hydrogen-bond acceptors (Lipinski definition) is 4. The van der Waals surface area contributed by atoms with Gasteiger partial charge in [-0.2, -0.15) is 0 Å². The van der Waals surface area contributed by atoms with Crippen molar-refractivity contribution < 1.29 is 14.3 Å². The van der Waals surface area contributed by atoms with Crippen LogP contribution in [0.4, 0.5) is 4.79 Å². The van der Waals surface area contributed by atoms with E-state index in [9.17, 15) is 9.59 Å². The van der Waals surface area contributed by atoms with Crippen molar-refractivity contribution in [3.8, 4) is 0 Å². The van der Waals surface area contributed by atoms with Crippen LogP contribution in [0.5, 0.6) is 0 Å². The fraction of sp³-hybridized carbons (Fsp3) is 0.579. The van der Waals surface area contributed by atoms with E-state index in [0.717, 1.165) is 13.0 Å². The van der Waals surface area contributed by atoms with Crippen molar-refractivity contribution in [3.63, 3.8) is 0 Å². The summed E-state index contributed by atoms with van der Waals surface area (Å²) < 4.78 is 5.43. The second kappa shape index (κ2) is 6.55. The van der Waals surface area contributed by atoms with E-state index in [1.54, 1.807) is 4.90 Å². The van der Waals surface area contributed by atoms with Crippen LogP contribution < -0.4 is 5.32 Å². The Hall–Kier alpha value is -1.88. The number of ether oxygens (including phenoxy) is 1. The number of Topliss-reactive ketones (excluding diaryl/α,β-unsaturated/α-hetero) is 1. The molecule has 1 N–H and O–H groups in total. The number of rotatable bonds is 1. The van der Waals surface area contributed by atoms with Gasteiger partial charge in [0.25, 0.3) is 0 Å². The molecule has 5 nitrogen and oxygen atoms in total. The normalized spacial score (nSPS) is 27.5. The molecule has 3 rings (SSSR count). The van der Waals surface area contributed by atoms with Crippen LogP contribution in [0.1, 0.15) is 38.7 Å². The SMILES string of the molecule is CC(C)(C)OC(=O)N1CC[C@@H]2NC[C@H](c3ccccc3)[C@H]2C(=O)C1. The number of carbonyl (C=O) groups excluding carboxylic acids is 2. The van der Waals surface area contributed by atoms with Crippen LogP contribution in [0.2, 0.25) is 0 Å². The van der Waals surface area contributed by atoms with E-state index in [1.807, 2.05) is 39.0 Å². The van der Waals surface area contributed by atoms with Crippen molar-refractivity contribution in [2.45, 2.75) is 44.8 Å². The van der Waals surface area contributed by atoms with Crippen LogP contribution in [-0.2, 0) is 9.53 Å². The fourth-order valence-electron chi connectivity index (χ4n) is 3.72. The third-order valence-corrected chi connectivity index (χ3v) is 4.77. The molecule has 0 spiro atoms. The second-order valence-electron chi connectivity index (χ2n) is 7.71. The summed E-state index contributed by atoms with van der Waals surface area (Å²) >= 11 is 0. The zero-order valence-corrected chi connectivity index (χ0v) is 14.6. The lowest BCUT2D eigenvalue weighted by Gasteiger charge is -2.26. The van der Waals surface area contributed by atoms with Crippen LogP contribution in [0.3, 0.4) is 0 Å². The van der Waals surface area contributed by atoms with Crippen molar-refractivity contribution in [1.29, 1.82) is 0 Å². The first-order valence-corrected chi connectivity index (χ1v) is 8.64. The van der Waals surface area contributed by atoms with Gasteiger partial charge in [-0.1, -0.05) is 30.3 Å². The number of nitrogens with zero attached hydrogens (tertiary/aromatic N) is 1. The van der Waals surface area contributed by atoms with Crippen molar-refractivity contribution >= 4 is 11.9 Å². The largest absolute Gasteiger partial charge is 0.444 e. The van der Waals surface area contributed by atoms with E-state index in [-0.39, 0.29) is 30.2 Å². The molecule has 130 valence electrons. The van der Waals surface area contributed by atoms with Crippen LogP contribution in [0.15, 0.2) is 30.3 Å². The maximum absolute atomic E-state index is 12.9. The Morgan fingerprint density at radius 3 is 2.62 bits per heavy atom. The van der Waals surface area contributed by atoms with Crippen LogP contribution in [-0.4, -0.2) is 48.1 Å². The number of nitrogens with one attached hydrogen (secondary N) is 1. The third kappa shape index (κ3) is 3.61. The molecule has 1 aromatic carbocycles. The molecule has 2 saturated heterocycles.